The Labute approximate surface area is 88.9 Å². The fourth-order valence-corrected chi connectivity index (χ4v) is 1.11. The molecule has 0 unspecified atom stereocenters. The van der Waals surface area contributed by atoms with Crippen molar-refractivity contribution in [1.82, 2.24) is 5.16 Å². The molecule has 0 aliphatic rings. The van der Waals surface area contributed by atoms with Gasteiger partial charge in [0.1, 0.15) is 17.9 Å². The van der Waals surface area contributed by atoms with Gasteiger partial charge in [-0.2, -0.15) is 0 Å². The van der Waals surface area contributed by atoms with Crippen molar-refractivity contribution < 1.29 is 18.1 Å². The van der Waals surface area contributed by atoms with E-state index in [0.717, 1.165) is 12.1 Å². The molecule has 1 heterocycles. The smallest absolute Gasteiger partial charge is 0.277 e. The molecule has 82 valence electrons. The minimum Gasteiger partial charge on any atom is -0.364 e. The fourth-order valence-electron chi connectivity index (χ4n) is 1.11. The van der Waals surface area contributed by atoms with Gasteiger partial charge >= 0.3 is 0 Å². The van der Waals surface area contributed by atoms with Crippen LogP contribution in [-0.4, -0.2) is 11.1 Å². The van der Waals surface area contributed by atoms with Gasteiger partial charge in [-0.3, -0.25) is 4.79 Å². The van der Waals surface area contributed by atoms with Gasteiger partial charge in [0.15, 0.2) is 5.69 Å². The van der Waals surface area contributed by atoms with E-state index >= 15 is 0 Å². The van der Waals surface area contributed by atoms with Crippen LogP contribution < -0.4 is 5.32 Å². The number of benzene rings is 1. The molecule has 2 aromatic rings. The third-order valence-corrected chi connectivity index (χ3v) is 1.85. The molecule has 1 aromatic carbocycles. The van der Waals surface area contributed by atoms with Gasteiger partial charge in [-0.1, -0.05) is 5.16 Å². The second kappa shape index (κ2) is 4.09. The molecule has 0 aliphatic carbocycles. The van der Waals surface area contributed by atoms with Crippen molar-refractivity contribution >= 4 is 11.6 Å². The highest BCUT2D eigenvalue weighted by molar-refractivity contribution is 6.02. The molecular weight excluding hydrogens is 218 g/mol. The fraction of sp³-hybridized carbons (Fsp3) is 0. The minimum absolute atomic E-state index is 0.0173. The first-order chi connectivity index (χ1) is 7.66. The Bertz CT molecular complexity index is 512. The Morgan fingerprint density at radius 1 is 1.31 bits per heavy atom. The number of anilines is 1. The second-order valence-electron chi connectivity index (χ2n) is 2.96. The van der Waals surface area contributed by atoms with Crippen LogP contribution >= 0.6 is 0 Å². The van der Waals surface area contributed by atoms with Gasteiger partial charge in [0.25, 0.3) is 5.91 Å². The molecule has 0 radical (unpaired) electrons. The van der Waals surface area contributed by atoms with Crippen LogP contribution in [0.1, 0.15) is 10.5 Å². The van der Waals surface area contributed by atoms with Crippen LogP contribution in [0.3, 0.4) is 0 Å². The summed E-state index contributed by atoms with van der Waals surface area (Å²) in [6.07, 6.45) is 1.22. The molecule has 0 saturated heterocycles. The maximum Gasteiger partial charge on any atom is 0.277 e. The molecule has 0 atom stereocenters. The van der Waals surface area contributed by atoms with Gasteiger partial charge in [0, 0.05) is 12.1 Å². The highest BCUT2D eigenvalue weighted by Crippen LogP contribution is 2.15. The molecule has 0 aliphatic heterocycles. The SMILES string of the molecule is O=C(Nc1ccc(F)cc1F)c1ccon1. The van der Waals surface area contributed by atoms with Crippen LogP contribution in [0.4, 0.5) is 14.5 Å². The first kappa shape index (κ1) is 10.3. The molecule has 16 heavy (non-hydrogen) atoms. The molecular formula is C10H6F2N2O2. The van der Waals surface area contributed by atoms with E-state index in [4.69, 9.17) is 0 Å². The molecule has 4 nitrogen and oxygen atoms in total. The summed E-state index contributed by atoms with van der Waals surface area (Å²) in [6, 6.07) is 4.18. The van der Waals surface area contributed by atoms with Crippen LogP contribution in [0.25, 0.3) is 0 Å². The first-order valence-electron chi connectivity index (χ1n) is 4.33. The number of nitrogens with one attached hydrogen (secondary N) is 1. The van der Waals surface area contributed by atoms with Crippen molar-refractivity contribution in [2.24, 2.45) is 0 Å². The average Bonchev–Trinajstić information content (AvgIpc) is 2.75. The normalized spacial score (nSPS) is 10.1. The average molecular weight is 224 g/mol. The van der Waals surface area contributed by atoms with Crippen molar-refractivity contribution in [2.75, 3.05) is 5.32 Å². The van der Waals surface area contributed by atoms with Gasteiger partial charge < -0.3 is 9.84 Å². The zero-order chi connectivity index (χ0) is 11.5. The maximum atomic E-state index is 13.2. The lowest BCUT2D eigenvalue weighted by Crippen LogP contribution is -2.13. The van der Waals surface area contributed by atoms with E-state index in [1.165, 1.54) is 12.3 Å². The monoisotopic (exact) mass is 224 g/mol. The Balaban J connectivity index is 2.18. The Hall–Kier alpha value is -2.24. The molecule has 1 aromatic heterocycles. The minimum atomic E-state index is -0.850. The van der Waals surface area contributed by atoms with Crippen molar-refractivity contribution in [3.63, 3.8) is 0 Å². The lowest BCUT2D eigenvalue weighted by molar-refractivity contribution is 0.101. The van der Waals surface area contributed by atoms with E-state index in [1.807, 2.05) is 0 Å². The number of carbonyl (C=O) groups is 1. The zero-order valence-corrected chi connectivity index (χ0v) is 7.91. The van der Waals surface area contributed by atoms with Gasteiger partial charge in [-0.15, -0.1) is 0 Å². The standard InChI is InChI=1S/C10H6F2N2O2/c11-6-1-2-8(7(12)5-6)13-10(15)9-3-4-16-14-9/h1-5H,(H,13,15). The van der Waals surface area contributed by atoms with Crippen LogP contribution in [0, 0.1) is 11.6 Å². The summed E-state index contributed by atoms with van der Waals surface area (Å²) in [5, 5.41) is 5.61. The molecule has 0 bridgehead atoms. The lowest BCUT2D eigenvalue weighted by Gasteiger charge is -2.03. The van der Waals surface area contributed by atoms with Gasteiger partial charge in [-0.25, -0.2) is 8.78 Å². The number of amides is 1. The molecule has 0 saturated carbocycles. The Morgan fingerprint density at radius 3 is 2.75 bits per heavy atom. The van der Waals surface area contributed by atoms with Crippen molar-refractivity contribution in [2.45, 2.75) is 0 Å². The third kappa shape index (κ3) is 2.05. The van der Waals surface area contributed by atoms with E-state index in [1.54, 1.807) is 0 Å². The van der Waals surface area contributed by atoms with E-state index in [0.29, 0.717) is 6.07 Å². The number of carbonyl (C=O) groups excluding carboxylic acids is 1. The lowest BCUT2D eigenvalue weighted by atomic mass is 10.3. The van der Waals surface area contributed by atoms with Gasteiger partial charge in [0.05, 0.1) is 5.69 Å². The van der Waals surface area contributed by atoms with Crippen molar-refractivity contribution in [3.8, 4) is 0 Å². The van der Waals surface area contributed by atoms with E-state index in [9.17, 15) is 13.6 Å². The quantitative estimate of drug-likeness (QED) is 0.850. The topological polar surface area (TPSA) is 55.1 Å². The molecule has 1 N–H and O–H groups in total. The molecule has 2 rings (SSSR count). The summed E-state index contributed by atoms with van der Waals surface area (Å²) >= 11 is 0. The number of aromatic nitrogens is 1. The van der Waals surface area contributed by atoms with Crippen LogP contribution in [-0.2, 0) is 0 Å². The van der Waals surface area contributed by atoms with Crippen LogP contribution in [0.2, 0.25) is 0 Å². The number of rotatable bonds is 2. The highest BCUT2D eigenvalue weighted by Gasteiger charge is 2.11. The maximum absolute atomic E-state index is 13.2. The van der Waals surface area contributed by atoms with Crippen LogP contribution in [0.5, 0.6) is 0 Å². The number of halogens is 2. The summed E-state index contributed by atoms with van der Waals surface area (Å²) in [5.74, 6) is -2.19. The largest absolute Gasteiger partial charge is 0.364 e. The van der Waals surface area contributed by atoms with E-state index in [-0.39, 0.29) is 11.4 Å². The summed E-state index contributed by atoms with van der Waals surface area (Å²) in [6.45, 7) is 0. The summed E-state index contributed by atoms with van der Waals surface area (Å²) in [4.78, 5) is 11.4. The third-order valence-electron chi connectivity index (χ3n) is 1.85. The summed E-state index contributed by atoms with van der Waals surface area (Å²) in [5.41, 5.74) is -0.0990. The number of nitrogens with zero attached hydrogens (tertiary/aromatic N) is 1. The molecule has 6 heteroatoms. The van der Waals surface area contributed by atoms with E-state index in [2.05, 4.69) is 15.0 Å². The highest BCUT2D eigenvalue weighted by atomic mass is 19.1. The predicted octanol–water partition coefficient (Wildman–Crippen LogP) is 2.21. The summed E-state index contributed by atoms with van der Waals surface area (Å²) < 4.78 is 30.2. The Morgan fingerprint density at radius 2 is 2.12 bits per heavy atom. The second-order valence-corrected chi connectivity index (χ2v) is 2.96. The molecule has 0 spiro atoms. The first-order valence-corrected chi connectivity index (χ1v) is 4.33. The van der Waals surface area contributed by atoms with Crippen molar-refractivity contribution in [1.29, 1.82) is 0 Å². The molecule has 0 fully saturated rings. The summed E-state index contributed by atoms with van der Waals surface area (Å²) in [7, 11) is 0. The van der Waals surface area contributed by atoms with Gasteiger partial charge in [0.2, 0.25) is 0 Å². The Kier molecular flexibility index (Phi) is 2.63. The molecule has 1 amide bonds. The van der Waals surface area contributed by atoms with E-state index < -0.39 is 17.5 Å². The predicted molar refractivity (Wildman–Crippen MR) is 50.8 cm³/mol. The van der Waals surface area contributed by atoms with Gasteiger partial charge in [-0.05, 0) is 12.1 Å². The van der Waals surface area contributed by atoms with Crippen LogP contribution in [0.15, 0.2) is 35.1 Å². The zero-order valence-electron chi connectivity index (χ0n) is 7.91. The van der Waals surface area contributed by atoms with Crippen molar-refractivity contribution in [3.05, 3.63) is 47.9 Å². The number of hydrogen-bond donors (Lipinski definition) is 1. The number of hydrogen-bond acceptors (Lipinski definition) is 3.